The van der Waals surface area contributed by atoms with Crippen molar-refractivity contribution < 1.29 is 0 Å². The summed E-state index contributed by atoms with van der Waals surface area (Å²) in [5, 5.41) is 5.16. The van der Waals surface area contributed by atoms with Crippen LogP contribution in [0.4, 0.5) is 5.82 Å². The quantitative estimate of drug-likeness (QED) is 0.612. The number of pyridine rings is 2. The van der Waals surface area contributed by atoms with E-state index in [1.54, 1.807) is 11.3 Å². The number of rotatable bonds is 5. The van der Waals surface area contributed by atoms with E-state index in [1.165, 1.54) is 0 Å². The number of nitrogens with one attached hydrogen (secondary N) is 1. The molecule has 0 aromatic carbocycles. The number of hydrogen-bond donors (Lipinski definition) is 1. The van der Waals surface area contributed by atoms with Gasteiger partial charge in [0.2, 0.25) is 0 Å². The van der Waals surface area contributed by atoms with Gasteiger partial charge in [0.1, 0.15) is 5.82 Å². The normalized spacial score (nSPS) is 10.8. The third-order valence-corrected chi connectivity index (χ3v) is 5.05. The van der Waals surface area contributed by atoms with E-state index in [2.05, 4.69) is 28.4 Å². The Kier molecular flexibility index (Phi) is 7.46. The van der Waals surface area contributed by atoms with Crippen molar-refractivity contribution in [3.63, 3.8) is 0 Å². The Morgan fingerprint density at radius 2 is 2.00 bits per heavy atom. The molecule has 5 nitrogen and oxygen atoms in total. The van der Waals surface area contributed by atoms with E-state index < -0.39 is 0 Å². The van der Waals surface area contributed by atoms with Crippen molar-refractivity contribution in [3.8, 4) is 0 Å². The third kappa shape index (κ3) is 5.27. The highest BCUT2D eigenvalue weighted by molar-refractivity contribution is 7.12. The number of fused-ring (bicyclic) bond motifs is 1. The van der Waals surface area contributed by atoms with Gasteiger partial charge in [-0.25, -0.2) is 15.0 Å². The molecule has 0 spiro atoms. The number of nitrogens with zero attached hydrogens (tertiary/aromatic N) is 4. The number of aryl methyl sites for hydroxylation is 1. The Hall–Kier alpha value is -2.99. The van der Waals surface area contributed by atoms with E-state index in [9.17, 15) is 0 Å². The molecule has 0 unspecified atom stereocenters. The summed E-state index contributed by atoms with van der Waals surface area (Å²) >= 11 is 1.66. The van der Waals surface area contributed by atoms with Crippen LogP contribution in [-0.4, -0.2) is 33.9 Å². The highest BCUT2D eigenvalue weighted by Crippen LogP contribution is 2.22. The average molecular weight is 394 g/mol. The summed E-state index contributed by atoms with van der Waals surface area (Å²) in [6.07, 6.45) is 7.51. The van der Waals surface area contributed by atoms with Gasteiger partial charge >= 0.3 is 0 Å². The van der Waals surface area contributed by atoms with Gasteiger partial charge in [0.05, 0.1) is 21.9 Å². The van der Waals surface area contributed by atoms with Crippen molar-refractivity contribution in [1.29, 1.82) is 0 Å². The summed E-state index contributed by atoms with van der Waals surface area (Å²) in [6.45, 7) is 13.6. The van der Waals surface area contributed by atoms with Crippen LogP contribution in [0.3, 0.4) is 0 Å². The van der Waals surface area contributed by atoms with E-state index in [0.29, 0.717) is 0 Å². The Morgan fingerprint density at radius 3 is 2.50 bits per heavy atom. The standard InChI is InChI=1S/C16H20N4.C6H7NS/c1-6-15(20(5)11(2)3)13-8-7-12-10-18-16(17-4)9-14(12)19-13;1-3-6-4-7-5(2)8-6/h6-10H,2H2,1,3-5H3,(H,17,18);3-4H,1H2,2H3/b15-6-;. The summed E-state index contributed by atoms with van der Waals surface area (Å²) in [6, 6.07) is 6.00. The molecule has 0 saturated carbocycles. The number of anilines is 1. The molecule has 6 heteroatoms. The molecule has 3 aromatic heterocycles. The van der Waals surface area contributed by atoms with Gasteiger partial charge in [0, 0.05) is 48.5 Å². The molecular weight excluding hydrogens is 366 g/mol. The predicted octanol–water partition coefficient (Wildman–Crippen LogP) is 5.59. The molecule has 0 bridgehead atoms. The molecule has 0 atom stereocenters. The van der Waals surface area contributed by atoms with Crippen LogP contribution in [0.5, 0.6) is 0 Å². The Morgan fingerprint density at radius 1 is 1.25 bits per heavy atom. The van der Waals surface area contributed by atoms with Crippen molar-refractivity contribution in [2.75, 3.05) is 19.4 Å². The van der Waals surface area contributed by atoms with E-state index in [1.807, 2.05) is 82.5 Å². The zero-order valence-electron chi connectivity index (χ0n) is 17.2. The van der Waals surface area contributed by atoms with E-state index in [4.69, 9.17) is 4.98 Å². The molecule has 0 radical (unpaired) electrons. The molecular formula is C22H27N5S. The first-order chi connectivity index (χ1) is 13.4. The smallest absolute Gasteiger partial charge is 0.127 e. The second kappa shape index (κ2) is 9.80. The Balaban J connectivity index is 0.000000292. The van der Waals surface area contributed by atoms with Gasteiger partial charge in [-0.1, -0.05) is 25.3 Å². The second-order valence-electron chi connectivity index (χ2n) is 6.16. The SMILES string of the molecule is C=C(C)N(C)/C(=C\C)c1ccc2cnc(NC)cc2n1.C=Cc1cnc(C)s1. The lowest BCUT2D eigenvalue weighted by molar-refractivity contribution is 0.597. The lowest BCUT2D eigenvalue weighted by Crippen LogP contribution is -2.14. The van der Waals surface area contributed by atoms with Crippen LogP contribution in [-0.2, 0) is 0 Å². The summed E-state index contributed by atoms with van der Waals surface area (Å²) in [5.41, 5.74) is 3.88. The fourth-order valence-electron chi connectivity index (χ4n) is 2.49. The van der Waals surface area contributed by atoms with E-state index in [-0.39, 0.29) is 0 Å². The highest BCUT2D eigenvalue weighted by atomic mass is 32.1. The summed E-state index contributed by atoms with van der Waals surface area (Å²) < 4.78 is 0. The van der Waals surface area contributed by atoms with Crippen LogP contribution in [0.2, 0.25) is 0 Å². The van der Waals surface area contributed by atoms with Gasteiger partial charge in [0.15, 0.2) is 0 Å². The Bertz CT molecular complexity index is 1000. The number of thiazole rings is 1. The van der Waals surface area contributed by atoms with Crippen LogP contribution in [0, 0.1) is 6.92 Å². The molecule has 0 saturated heterocycles. The summed E-state index contributed by atoms with van der Waals surface area (Å²) in [4.78, 5) is 16.2. The van der Waals surface area contributed by atoms with E-state index >= 15 is 0 Å². The Labute approximate surface area is 171 Å². The fraction of sp³-hybridized carbons (Fsp3) is 0.227. The van der Waals surface area contributed by atoms with Crippen molar-refractivity contribution >= 4 is 39.8 Å². The molecule has 1 N–H and O–H groups in total. The molecule has 0 amide bonds. The number of allylic oxidation sites excluding steroid dienone is 2. The molecule has 3 aromatic rings. The minimum Gasteiger partial charge on any atom is -0.373 e. The van der Waals surface area contributed by atoms with Crippen LogP contribution in [0.15, 0.2) is 55.5 Å². The topological polar surface area (TPSA) is 53.9 Å². The van der Waals surface area contributed by atoms with Gasteiger partial charge in [-0.3, -0.25) is 0 Å². The first kappa shape index (κ1) is 21.3. The molecule has 3 rings (SSSR count). The zero-order valence-corrected chi connectivity index (χ0v) is 18.0. The minimum atomic E-state index is 0.817. The molecule has 0 aliphatic heterocycles. The molecule has 28 heavy (non-hydrogen) atoms. The average Bonchev–Trinajstić information content (AvgIpc) is 3.13. The van der Waals surface area contributed by atoms with Crippen molar-refractivity contribution in [2.24, 2.45) is 0 Å². The van der Waals surface area contributed by atoms with Crippen LogP contribution >= 0.6 is 11.3 Å². The van der Waals surface area contributed by atoms with Crippen molar-refractivity contribution in [3.05, 3.63) is 71.1 Å². The monoisotopic (exact) mass is 393 g/mol. The maximum atomic E-state index is 4.73. The summed E-state index contributed by atoms with van der Waals surface area (Å²) in [5.74, 6) is 0.817. The minimum absolute atomic E-state index is 0.817. The molecule has 146 valence electrons. The van der Waals surface area contributed by atoms with Crippen LogP contribution < -0.4 is 5.32 Å². The largest absolute Gasteiger partial charge is 0.373 e. The lowest BCUT2D eigenvalue weighted by atomic mass is 10.2. The number of hydrogen-bond acceptors (Lipinski definition) is 6. The van der Waals surface area contributed by atoms with Gasteiger partial charge in [-0.2, -0.15) is 0 Å². The molecule has 0 fully saturated rings. The summed E-state index contributed by atoms with van der Waals surface area (Å²) in [7, 11) is 3.85. The first-order valence-corrected chi connectivity index (χ1v) is 9.76. The lowest BCUT2D eigenvalue weighted by Gasteiger charge is -2.22. The van der Waals surface area contributed by atoms with Crippen molar-refractivity contribution in [2.45, 2.75) is 20.8 Å². The van der Waals surface area contributed by atoms with Gasteiger partial charge in [-0.05, 0) is 32.9 Å². The van der Waals surface area contributed by atoms with Gasteiger partial charge in [0.25, 0.3) is 0 Å². The van der Waals surface area contributed by atoms with E-state index in [0.717, 1.165) is 43.7 Å². The van der Waals surface area contributed by atoms with Crippen LogP contribution in [0.25, 0.3) is 22.7 Å². The molecule has 0 aliphatic rings. The van der Waals surface area contributed by atoms with Crippen LogP contribution in [0.1, 0.15) is 29.4 Å². The third-order valence-electron chi connectivity index (χ3n) is 4.14. The zero-order chi connectivity index (χ0) is 20.7. The first-order valence-electron chi connectivity index (χ1n) is 8.95. The predicted molar refractivity (Wildman–Crippen MR) is 122 cm³/mol. The van der Waals surface area contributed by atoms with Gasteiger partial charge < -0.3 is 10.2 Å². The van der Waals surface area contributed by atoms with Gasteiger partial charge in [-0.15, -0.1) is 11.3 Å². The highest BCUT2D eigenvalue weighted by Gasteiger charge is 2.09. The number of aromatic nitrogens is 3. The molecule has 0 aliphatic carbocycles. The molecule has 3 heterocycles. The maximum absolute atomic E-state index is 4.73. The fourth-order valence-corrected chi connectivity index (χ4v) is 3.12. The maximum Gasteiger partial charge on any atom is 0.127 e. The second-order valence-corrected chi connectivity index (χ2v) is 7.43. The van der Waals surface area contributed by atoms with Crippen molar-refractivity contribution in [1.82, 2.24) is 19.9 Å².